The average Bonchev–Trinajstić information content (AvgIpc) is 2.71. The highest BCUT2D eigenvalue weighted by Gasteiger charge is 2.31. The van der Waals surface area contributed by atoms with Crippen molar-refractivity contribution >= 4 is 12.1 Å². The van der Waals surface area contributed by atoms with Crippen molar-refractivity contribution in [3.63, 3.8) is 0 Å². The normalized spacial score (nSPS) is 12.1. The zero-order chi connectivity index (χ0) is 22.6. The molecule has 0 radical (unpaired) electrons. The first-order valence-electron chi connectivity index (χ1n) is 12.5. The minimum Gasteiger partial charge on any atom is -0.464 e. The Kier molecular flexibility index (Phi) is 18.9. The zero-order valence-electron chi connectivity index (χ0n) is 20.5. The predicted octanol–water partition coefficient (Wildman–Crippen LogP) is 7.12. The summed E-state index contributed by atoms with van der Waals surface area (Å²) < 4.78 is 10.6. The highest BCUT2D eigenvalue weighted by molar-refractivity contribution is 5.81. The number of carbonyl (C=O) groups excluding carboxylic acids is 2. The van der Waals surface area contributed by atoms with Crippen molar-refractivity contribution in [3.05, 3.63) is 0 Å². The number of unbranched alkanes of at least 4 members (excludes halogenated alkanes) is 12. The second-order valence-corrected chi connectivity index (χ2v) is 8.82. The summed E-state index contributed by atoms with van der Waals surface area (Å²) in [5.74, 6) is -0.358. The third kappa shape index (κ3) is 14.7. The first-order valence-corrected chi connectivity index (χ1v) is 12.5. The van der Waals surface area contributed by atoms with Gasteiger partial charge in [-0.2, -0.15) is 0 Å². The molecule has 0 rings (SSSR count). The molecule has 0 saturated carbocycles. The van der Waals surface area contributed by atoms with Crippen LogP contribution in [-0.2, 0) is 14.3 Å². The van der Waals surface area contributed by atoms with Gasteiger partial charge in [0.1, 0.15) is 6.04 Å². The van der Waals surface area contributed by atoms with Crippen molar-refractivity contribution in [2.45, 2.75) is 124 Å². The van der Waals surface area contributed by atoms with Crippen LogP contribution in [0, 0.1) is 5.92 Å². The van der Waals surface area contributed by atoms with E-state index >= 15 is 0 Å². The molecular formula is C25H49NO4. The van der Waals surface area contributed by atoms with Gasteiger partial charge in [-0.3, -0.25) is 4.90 Å². The van der Waals surface area contributed by atoms with Gasteiger partial charge in [0.05, 0.1) is 13.2 Å². The molecule has 178 valence electrons. The van der Waals surface area contributed by atoms with E-state index in [9.17, 15) is 9.59 Å². The van der Waals surface area contributed by atoms with Gasteiger partial charge in [-0.15, -0.1) is 0 Å². The molecule has 0 fully saturated rings. The van der Waals surface area contributed by atoms with E-state index in [1.54, 1.807) is 7.05 Å². The number of esters is 1. The van der Waals surface area contributed by atoms with Gasteiger partial charge < -0.3 is 9.47 Å². The summed E-state index contributed by atoms with van der Waals surface area (Å²) in [7, 11) is 1.61. The zero-order valence-corrected chi connectivity index (χ0v) is 20.5. The first kappa shape index (κ1) is 28.7. The fourth-order valence-corrected chi connectivity index (χ4v) is 3.66. The Morgan fingerprint density at radius 3 is 1.57 bits per heavy atom. The van der Waals surface area contributed by atoms with Gasteiger partial charge in [0.25, 0.3) is 0 Å². The minimum absolute atomic E-state index is 0.0247. The van der Waals surface area contributed by atoms with E-state index < -0.39 is 12.1 Å². The van der Waals surface area contributed by atoms with Crippen LogP contribution in [0.2, 0.25) is 0 Å². The number of nitrogens with zero attached hydrogens (tertiary/aromatic N) is 1. The number of amides is 1. The van der Waals surface area contributed by atoms with Crippen molar-refractivity contribution in [1.82, 2.24) is 4.90 Å². The summed E-state index contributed by atoms with van der Waals surface area (Å²) in [6.45, 7) is 8.83. The maximum Gasteiger partial charge on any atom is 0.410 e. The smallest absolute Gasteiger partial charge is 0.410 e. The van der Waals surface area contributed by atoms with E-state index in [0.29, 0.717) is 13.2 Å². The Morgan fingerprint density at radius 1 is 0.667 bits per heavy atom. The number of ether oxygens (including phenoxy) is 2. The maximum absolute atomic E-state index is 12.5. The lowest BCUT2D eigenvalue weighted by atomic mass is 10.0. The van der Waals surface area contributed by atoms with Crippen LogP contribution in [0.15, 0.2) is 0 Å². The highest BCUT2D eigenvalue weighted by Crippen LogP contribution is 2.15. The summed E-state index contributed by atoms with van der Waals surface area (Å²) in [6.07, 6.45) is 17.1. The van der Waals surface area contributed by atoms with Crippen LogP contribution >= 0.6 is 0 Å². The Bertz CT molecular complexity index is 425. The molecule has 0 spiro atoms. The Morgan fingerprint density at radius 2 is 1.13 bits per heavy atom. The Balaban J connectivity index is 3.78. The predicted molar refractivity (Wildman–Crippen MR) is 125 cm³/mol. The van der Waals surface area contributed by atoms with Crippen molar-refractivity contribution in [3.8, 4) is 0 Å². The van der Waals surface area contributed by atoms with Crippen molar-refractivity contribution in [2.75, 3.05) is 20.3 Å². The number of likely N-dealkylation sites (N-methyl/N-ethyl adjacent to an activating group) is 1. The topological polar surface area (TPSA) is 55.8 Å². The summed E-state index contributed by atoms with van der Waals surface area (Å²) in [6, 6.07) is -0.601. The molecule has 1 atom stereocenters. The molecule has 0 bridgehead atoms. The molecule has 0 aliphatic rings. The first-order chi connectivity index (χ1) is 14.5. The molecule has 30 heavy (non-hydrogen) atoms. The second kappa shape index (κ2) is 19.7. The van der Waals surface area contributed by atoms with Gasteiger partial charge in [0, 0.05) is 7.05 Å². The average molecular weight is 428 g/mol. The highest BCUT2D eigenvalue weighted by atomic mass is 16.6. The van der Waals surface area contributed by atoms with E-state index in [1.165, 1.54) is 75.5 Å². The summed E-state index contributed by atoms with van der Waals surface area (Å²) in [5, 5.41) is 0. The Labute approximate surface area is 186 Å². The largest absolute Gasteiger partial charge is 0.464 e. The molecule has 0 saturated heterocycles. The SMILES string of the molecule is CCCCCCCCCCCCCCCOC(=O)C(C(C)C)N(C)C(=O)OCCC. The maximum atomic E-state index is 12.5. The van der Waals surface area contributed by atoms with Crippen molar-refractivity contribution in [1.29, 1.82) is 0 Å². The van der Waals surface area contributed by atoms with Gasteiger partial charge in [-0.1, -0.05) is 105 Å². The van der Waals surface area contributed by atoms with Gasteiger partial charge in [0.2, 0.25) is 0 Å². The van der Waals surface area contributed by atoms with E-state index in [0.717, 1.165) is 19.3 Å². The molecule has 5 nitrogen and oxygen atoms in total. The molecule has 0 aliphatic carbocycles. The second-order valence-electron chi connectivity index (χ2n) is 8.82. The van der Waals surface area contributed by atoms with Crippen LogP contribution in [0.3, 0.4) is 0 Å². The molecule has 0 N–H and O–H groups in total. The minimum atomic E-state index is -0.601. The van der Waals surface area contributed by atoms with Crippen molar-refractivity contribution < 1.29 is 19.1 Å². The molecule has 0 aliphatic heterocycles. The molecular weight excluding hydrogens is 378 g/mol. The molecule has 0 aromatic carbocycles. The molecule has 1 amide bonds. The Hall–Kier alpha value is -1.26. The third-order valence-electron chi connectivity index (χ3n) is 5.50. The lowest BCUT2D eigenvalue weighted by molar-refractivity contribution is -0.150. The van der Waals surface area contributed by atoms with Crippen LogP contribution in [-0.4, -0.2) is 43.3 Å². The summed E-state index contributed by atoms with van der Waals surface area (Å²) >= 11 is 0. The van der Waals surface area contributed by atoms with Gasteiger partial charge in [0.15, 0.2) is 0 Å². The quantitative estimate of drug-likeness (QED) is 0.163. The molecule has 0 aromatic rings. The van der Waals surface area contributed by atoms with Crippen LogP contribution in [0.5, 0.6) is 0 Å². The number of hydrogen-bond donors (Lipinski definition) is 0. The van der Waals surface area contributed by atoms with Crippen LogP contribution in [0.4, 0.5) is 4.79 Å². The van der Waals surface area contributed by atoms with Gasteiger partial charge >= 0.3 is 12.1 Å². The van der Waals surface area contributed by atoms with Gasteiger partial charge in [-0.05, 0) is 18.8 Å². The van der Waals surface area contributed by atoms with Crippen LogP contribution < -0.4 is 0 Å². The molecule has 0 heterocycles. The monoisotopic (exact) mass is 427 g/mol. The summed E-state index contributed by atoms with van der Waals surface area (Å²) in [5.41, 5.74) is 0. The third-order valence-corrected chi connectivity index (χ3v) is 5.50. The van der Waals surface area contributed by atoms with Gasteiger partial charge in [-0.25, -0.2) is 9.59 Å². The fourth-order valence-electron chi connectivity index (χ4n) is 3.66. The molecule has 1 unspecified atom stereocenters. The number of rotatable bonds is 19. The van der Waals surface area contributed by atoms with Crippen molar-refractivity contribution in [2.24, 2.45) is 5.92 Å². The lowest BCUT2D eigenvalue weighted by Gasteiger charge is -2.28. The summed E-state index contributed by atoms with van der Waals surface area (Å²) in [4.78, 5) is 25.9. The standard InChI is InChI=1S/C25H49NO4/c1-6-8-9-10-11-12-13-14-15-16-17-18-19-21-29-24(27)23(22(3)4)26(5)25(28)30-20-7-2/h22-23H,6-21H2,1-5H3. The van der Waals surface area contributed by atoms with Crippen LogP contribution in [0.25, 0.3) is 0 Å². The number of hydrogen-bond acceptors (Lipinski definition) is 4. The molecule has 0 aromatic heterocycles. The fraction of sp³-hybridized carbons (Fsp3) is 0.920. The molecule has 5 heteroatoms. The lowest BCUT2D eigenvalue weighted by Crippen LogP contribution is -2.46. The number of carbonyl (C=O) groups is 2. The van der Waals surface area contributed by atoms with E-state index in [4.69, 9.17) is 9.47 Å². The van der Waals surface area contributed by atoms with E-state index in [2.05, 4.69) is 6.92 Å². The van der Waals surface area contributed by atoms with E-state index in [1.807, 2.05) is 20.8 Å². The van der Waals surface area contributed by atoms with E-state index in [-0.39, 0.29) is 11.9 Å². The van der Waals surface area contributed by atoms with Crippen LogP contribution in [0.1, 0.15) is 118 Å².